The average Bonchev–Trinajstić information content (AvgIpc) is 2.68. The maximum Gasteiger partial charge on any atom is 0.272 e. The van der Waals surface area contributed by atoms with Crippen molar-refractivity contribution in [3.63, 3.8) is 0 Å². The number of piperazine rings is 1. The fourth-order valence-electron chi connectivity index (χ4n) is 3.44. The van der Waals surface area contributed by atoms with Crippen LogP contribution in [0, 0.1) is 0 Å². The van der Waals surface area contributed by atoms with Crippen LogP contribution in [0.25, 0.3) is 0 Å². The largest absolute Gasteiger partial charge is 0.370 e. The number of anilines is 1. The molecule has 0 radical (unpaired) electrons. The second-order valence-corrected chi connectivity index (χ2v) is 6.87. The zero-order valence-corrected chi connectivity index (χ0v) is 15.4. The highest BCUT2D eigenvalue weighted by molar-refractivity contribution is 5.93. The Bertz CT molecular complexity index is 680. The summed E-state index contributed by atoms with van der Waals surface area (Å²) in [5.41, 5.74) is 1.91. The summed E-state index contributed by atoms with van der Waals surface area (Å²) < 4.78 is 0. The molecule has 1 aromatic heterocycles. The van der Waals surface area contributed by atoms with Crippen molar-refractivity contribution in [1.82, 2.24) is 19.8 Å². The van der Waals surface area contributed by atoms with E-state index in [1.807, 2.05) is 0 Å². The van der Waals surface area contributed by atoms with E-state index in [1.54, 1.807) is 22.8 Å². The SMILES string of the molecule is CC(=O)N1CCN(C(=O)c2cc(NCCC3=CCCCC3)ncn2)CC1. The second kappa shape index (κ2) is 8.78. The summed E-state index contributed by atoms with van der Waals surface area (Å²) in [7, 11) is 0. The lowest BCUT2D eigenvalue weighted by molar-refractivity contribution is -0.130. The van der Waals surface area contributed by atoms with Crippen LogP contribution in [-0.4, -0.2) is 64.3 Å². The molecule has 2 amide bonds. The molecule has 1 aliphatic heterocycles. The number of nitrogens with one attached hydrogen (secondary N) is 1. The van der Waals surface area contributed by atoms with E-state index >= 15 is 0 Å². The number of allylic oxidation sites excluding steroid dienone is 1. The van der Waals surface area contributed by atoms with E-state index in [2.05, 4.69) is 21.4 Å². The molecule has 140 valence electrons. The van der Waals surface area contributed by atoms with Gasteiger partial charge in [0, 0.05) is 45.7 Å². The molecule has 2 heterocycles. The number of rotatable bonds is 5. The molecule has 0 saturated carbocycles. The van der Waals surface area contributed by atoms with E-state index in [1.165, 1.54) is 37.6 Å². The maximum absolute atomic E-state index is 12.6. The predicted octanol–water partition coefficient (Wildman–Crippen LogP) is 2.08. The third kappa shape index (κ3) is 4.80. The van der Waals surface area contributed by atoms with Gasteiger partial charge < -0.3 is 15.1 Å². The Morgan fingerprint density at radius 1 is 1.12 bits per heavy atom. The Kier molecular flexibility index (Phi) is 6.20. The normalized spacial score (nSPS) is 17.7. The molecule has 0 atom stereocenters. The standard InChI is InChI=1S/C19H27N5O2/c1-15(25)23-9-11-24(12-10-23)19(26)17-13-18(22-14-21-17)20-8-7-16-5-3-2-4-6-16/h5,13-14H,2-4,6-12H2,1H3,(H,20,21,22). The van der Waals surface area contributed by atoms with Crippen molar-refractivity contribution in [3.8, 4) is 0 Å². The molecular weight excluding hydrogens is 330 g/mol. The monoisotopic (exact) mass is 357 g/mol. The van der Waals surface area contributed by atoms with Gasteiger partial charge >= 0.3 is 0 Å². The van der Waals surface area contributed by atoms with E-state index < -0.39 is 0 Å². The van der Waals surface area contributed by atoms with Crippen molar-refractivity contribution < 1.29 is 9.59 Å². The number of hydrogen-bond donors (Lipinski definition) is 1. The van der Waals surface area contributed by atoms with Crippen LogP contribution in [0.3, 0.4) is 0 Å². The first-order valence-corrected chi connectivity index (χ1v) is 9.42. The van der Waals surface area contributed by atoms with Crippen molar-refractivity contribution in [3.05, 3.63) is 29.7 Å². The highest BCUT2D eigenvalue weighted by atomic mass is 16.2. The van der Waals surface area contributed by atoms with Crippen molar-refractivity contribution in [2.45, 2.75) is 39.0 Å². The van der Waals surface area contributed by atoms with E-state index in [0.29, 0.717) is 37.7 Å². The molecule has 1 fully saturated rings. The third-order valence-corrected chi connectivity index (χ3v) is 5.04. The topological polar surface area (TPSA) is 78.4 Å². The molecule has 2 aliphatic rings. The molecule has 1 N–H and O–H groups in total. The van der Waals surface area contributed by atoms with Crippen LogP contribution in [-0.2, 0) is 4.79 Å². The number of aromatic nitrogens is 2. The first-order chi connectivity index (χ1) is 12.6. The van der Waals surface area contributed by atoms with Crippen LogP contribution >= 0.6 is 0 Å². The van der Waals surface area contributed by atoms with Crippen molar-refractivity contribution in [1.29, 1.82) is 0 Å². The Hall–Kier alpha value is -2.44. The summed E-state index contributed by atoms with van der Waals surface area (Å²) in [6.45, 7) is 4.61. The number of carbonyl (C=O) groups excluding carboxylic acids is 2. The molecule has 1 aromatic rings. The molecule has 0 spiro atoms. The van der Waals surface area contributed by atoms with Gasteiger partial charge in [0.15, 0.2) is 0 Å². The van der Waals surface area contributed by atoms with E-state index in [4.69, 9.17) is 0 Å². The van der Waals surface area contributed by atoms with Crippen LogP contribution in [0.4, 0.5) is 5.82 Å². The molecule has 0 unspecified atom stereocenters. The quantitative estimate of drug-likeness (QED) is 0.817. The molecule has 7 nitrogen and oxygen atoms in total. The summed E-state index contributed by atoms with van der Waals surface area (Å²) in [6.07, 6.45) is 9.77. The third-order valence-electron chi connectivity index (χ3n) is 5.04. The minimum atomic E-state index is -0.103. The lowest BCUT2D eigenvalue weighted by Gasteiger charge is -2.34. The van der Waals surface area contributed by atoms with Gasteiger partial charge in [-0.2, -0.15) is 0 Å². The van der Waals surface area contributed by atoms with Gasteiger partial charge in [0.25, 0.3) is 5.91 Å². The Labute approximate surface area is 154 Å². The molecular formula is C19H27N5O2. The van der Waals surface area contributed by atoms with Gasteiger partial charge in [-0.1, -0.05) is 11.6 Å². The Morgan fingerprint density at radius 3 is 2.58 bits per heavy atom. The van der Waals surface area contributed by atoms with Gasteiger partial charge in [0.2, 0.25) is 5.91 Å². The number of nitrogens with zero attached hydrogens (tertiary/aromatic N) is 4. The molecule has 3 rings (SSSR count). The minimum Gasteiger partial charge on any atom is -0.370 e. The van der Waals surface area contributed by atoms with Crippen LogP contribution in [0.5, 0.6) is 0 Å². The summed E-state index contributed by atoms with van der Waals surface area (Å²) >= 11 is 0. The van der Waals surface area contributed by atoms with Crippen molar-refractivity contribution in [2.24, 2.45) is 0 Å². The lowest BCUT2D eigenvalue weighted by Crippen LogP contribution is -2.50. The smallest absolute Gasteiger partial charge is 0.272 e. The zero-order chi connectivity index (χ0) is 18.4. The highest BCUT2D eigenvalue weighted by Gasteiger charge is 2.24. The fraction of sp³-hybridized carbons (Fsp3) is 0.579. The number of carbonyl (C=O) groups is 2. The molecule has 1 aliphatic carbocycles. The van der Waals surface area contributed by atoms with Gasteiger partial charge in [0.05, 0.1) is 0 Å². The number of hydrogen-bond acceptors (Lipinski definition) is 5. The molecule has 1 saturated heterocycles. The second-order valence-electron chi connectivity index (χ2n) is 6.87. The Balaban J connectivity index is 1.52. The number of amides is 2. The van der Waals surface area contributed by atoms with E-state index in [0.717, 1.165) is 13.0 Å². The van der Waals surface area contributed by atoms with Gasteiger partial charge in [-0.05, 0) is 32.1 Å². The molecule has 0 bridgehead atoms. The molecule has 7 heteroatoms. The average molecular weight is 357 g/mol. The van der Waals surface area contributed by atoms with Crippen LogP contribution in [0.2, 0.25) is 0 Å². The summed E-state index contributed by atoms with van der Waals surface area (Å²) in [5.74, 6) is 0.634. The van der Waals surface area contributed by atoms with Crippen LogP contribution < -0.4 is 5.32 Å². The maximum atomic E-state index is 12.6. The Morgan fingerprint density at radius 2 is 1.88 bits per heavy atom. The van der Waals surface area contributed by atoms with E-state index in [-0.39, 0.29) is 11.8 Å². The first kappa shape index (κ1) is 18.4. The first-order valence-electron chi connectivity index (χ1n) is 9.42. The predicted molar refractivity (Wildman–Crippen MR) is 99.8 cm³/mol. The van der Waals surface area contributed by atoms with Gasteiger partial charge in [-0.15, -0.1) is 0 Å². The fourth-order valence-corrected chi connectivity index (χ4v) is 3.44. The lowest BCUT2D eigenvalue weighted by atomic mass is 9.97. The van der Waals surface area contributed by atoms with E-state index in [9.17, 15) is 9.59 Å². The van der Waals surface area contributed by atoms with Crippen LogP contribution in [0.15, 0.2) is 24.0 Å². The summed E-state index contributed by atoms with van der Waals surface area (Å²) in [4.78, 5) is 35.9. The highest BCUT2D eigenvalue weighted by Crippen LogP contribution is 2.20. The molecule has 26 heavy (non-hydrogen) atoms. The van der Waals surface area contributed by atoms with Crippen LogP contribution in [0.1, 0.15) is 49.5 Å². The van der Waals surface area contributed by atoms with Crippen molar-refractivity contribution >= 4 is 17.6 Å². The summed E-state index contributed by atoms with van der Waals surface area (Å²) in [5, 5.41) is 3.30. The van der Waals surface area contributed by atoms with Gasteiger partial charge in [-0.25, -0.2) is 9.97 Å². The van der Waals surface area contributed by atoms with Gasteiger partial charge in [-0.3, -0.25) is 9.59 Å². The molecule has 0 aromatic carbocycles. The minimum absolute atomic E-state index is 0.0544. The van der Waals surface area contributed by atoms with Crippen molar-refractivity contribution in [2.75, 3.05) is 38.0 Å². The summed E-state index contributed by atoms with van der Waals surface area (Å²) in [6, 6.07) is 1.72. The van der Waals surface area contributed by atoms with Gasteiger partial charge in [0.1, 0.15) is 17.8 Å². The zero-order valence-electron chi connectivity index (χ0n) is 15.4.